The first kappa shape index (κ1) is 38.6. The monoisotopic (exact) mass is 949 g/mol. The Hall–Kier alpha value is -0.540. The molecule has 1 saturated heterocycles. The zero-order valence-corrected chi connectivity index (χ0v) is 29.7. The molecular formula is C25H38I3N5O10. The second-order valence-electron chi connectivity index (χ2n) is 9.84. The first-order chi connectivity index (χ1) is 20.4. The van der Waals surface area contributed by atoms with E-state index in [2.05, 4.69) is 10.6 Å². The van der Waals surface area contributed by atoms with Crippen molar-refractivity contribution in [2.45, 2.75) is 18.3 Å². The molecule has 3 unspecified atom stereocenters. The molecule has 0 bridgehead atoms. The number of nitrogens with zero attached hydrogens (tertiary/aromatic N) is 3. The molecule has 0 saturated carbocycles. The number of hydrogen-bond donors (Lipinski definition) is 9. The van der Waals surface area contributed by atoms with Crippen molar-refractivity contribution < 1.29 is 50.1 Å². The highest BCUT2D eigenvalue weighted by atomic mass is 127. The maximum atomic E-state index is 14.2. The first-order valence-electron chi connectivity index (χ1n) is 13.4. The summed E-state index contributed by atoms with van der Waals surface area (Å²) in [5, 5.41) is 73.4. The standard InChI is InChI=1S/C25H38I3N5O10/c26-20-18(24(42)32-4-2-29-1-3-31(5-6-32)7-14(38)10-34)21(27)23(30-17(41)13-37)22(28)19(20)25(43)33(8-15(39)11-35)9-16(40)12-36/h14-16,29,34-40H,1-13H2,(H,30,41). The molecule has 3 atom stereocenters. The van der Waals surface area contributed by atoms with Gasteiger partial charge in [-0.3, -0.25) is 19.3 Å². The Morgan fingerprint density at radius 1 is 0.791 bits per heavy atom. The summed E-state index contributed by atoms with van der Waals surface area (Å²) in [6.07, 6.45) is -3.65. The number of amides is 3. The van der Waals surface area contributed by atoms with E-state index < -0.39 is 62.5 Å². The number of anilines is 1. The van der Waals surface area contributed by atoms with Gasteiger partial charge in [0.15, 0.2) is 0 Å². The average molecular weight is 949 g/mol. The molecule has 9 N–H and O–H groups in total. The number of carbonyl (C=O) groups is 3. The Kier molecular flexibility index (Phi) is 17.3. The van der Waals surface area contributed by atoms with E-state index in [9.17, 15) is 50.1 Å². The van der Waals surface area contributed by atoms with Crippen LogP contribution in [-0.4, -0.2) is 172 Å². The van der Waals surface area contributed by atoms with E-state index in [1.54, 1.807) is 4.90 Å². The van der Waals surface area contributed by atoms with Gasteiger partial charge in [0.05, 0.1) is 62.1 Å². The molecule has 2 rings (SSSR count). The van der Waals surface area contributed by atoms with Crippen LogP contribution < -0.4 is 10.6 Å². The summed E-state index contributed by atoms with van der Waals surface area (Å²) in [6.45, 7) is -0.535. The zero-order valence-electron chi connectivity index (χ0n) is 23.3. The van der Waals surface area contributed by atoms with Crippen LogP contribution in [0.15, 0.2) is 0 Å². The molecule has 43 heavy (non-hydrogen) atoms. The number of halogens is 3. The minimum atomic E-state index is -1.35. The Labute approximate surface area is 290 Å². The van der Waals surface area contributed by atoms with Gasteiger partial charge in [0.25, 0.3) is 11.8 Å². The van der Waals surface area contributed by atoms with E-state index in [1.807, 2.05) is 72.7 Å². The zero-order chi connectivity index (χ0) is 32.3. The van der Waals surface area contributed by atoms with Gasteiger partial charge in [-0.2, -0.15) is 0 Å². The second kappa shape index (κ2) is 19.2. The number of aliphatic hydroxyl groups is 7. The largest absolute Gasteiger partial charge is 0.394 e. The van der Waals surface area contributed by atoms with Crippen LogP contribution >= 0.6 is 67.8 Å². The minimum Gasteiger partial charge on any atom is -0.394 e. The van der Waals surface area contributed by atoms with Crippen LogP contribution in [0.1, 0.15) is 20.7 Å². The van der Waals surface area contributed by atoms with Gasteiger partial charge in [-0.15, -0.1) is 0 Å². The first-order valence-corrected chi connectivity index (χ1v) is 16.6. The van der Waals surface area contributed by atoms with Gasteiger partial charge in [-0.1, -0.05) is 0 Å². The number of hydrogen-bond acceptors (Lipinski definition) is 12. The van der Waals surface area contributed by atoms with Crippen LogP contribution in [0.4, 0.5) is 5.69 Å². The van der Waals surface area contributed by atoms with Crippen molar-refractivity contribution in [2.75, 3.05) is 90.6 Å². The molecule has 0 radical (unpaired) electrons. The number of β-amino-alcohol motifs (C(OH)–C–C–N with tert-alkyl or cyclic N) is 1. The average Bonchev–Trinajstić information content (AvgIpc) is 3.10. The van der Waals surface area contributed by atoms with Gasteiger partial charge < -0.3 is 56.2 Å². The predicted octanol–water partition coefficient (Wildman–Crippen LogP) is -2.72. The molecule has 0 aromatic heterocycles. The normalized spacial score (nSPS) is 16.9. The summed E-state index contributed by atoms with van der Waals surface area (Å²) in [6, 6.07) is 0. The van der Waals surface area contributed by atoms with Gasteiger partial charge in [0, 0.05) is 62.5 Å². The summed E-state index contributed by atoms with van der Waals surface area (Å²) in [4.78, 5) is 44.9. The third-order valence-electron chi connectivity index (χ3n) is 6.54. The summed E-state index contributed by atoms with van der Waals surface area (Å²) >= 11 is 5.61. The lowest BCUT2D eigenvalue weighted by molar-refractivity contribution is -0.118. The number of aliphatic hydroxyl groups excluding tert-OH is 7. The maximum absolute atomic E-state index is 14.2. The molecule has 1 aromatic rings. The highest BCUT2D eigenvalue weighted by molar-refractivity contribution is 14.1. The Balaban J connectivity index is 2.64. The van der Waals surface area contributed by atoms with Gasteiger partial charge in [-0.25, -0.2) is 0 Å². The van der Waals surface area contributed by atoms with Gasteiger partial charge in [0.2, 0.25) is 5.91 Å². The van der Waals surface area contributed by atoms with Crippen LogP contribution in [0, 0.1) is 10.7 Å². The Morgan fingerprint density at radius 2 is 1.35 bits per heavy atom. The van der Waals surface area contributed by atoms with Crippen molar-refractivity contribution >= 4 is 91.2 Å². The van der Waals surface area contributed by atoms with Crippen molar-refractivity contribution in [3.63, 3.8) is 0 Å². The van der Waals surface area contributed by atoms with Crippen LogP contribution in [0.2, 0.25) is 0 Å². The number of nitrogens with one attached hydrogen (secondary N) is 2. The van der Waals surface area contributed by atoms with Crippen molar-refractivity contribution in [1.82, 2.24) is 20.0 Å². The lowest BCUT2D eigenvalue weighted by atomic mass is 10.1. The molecular weight excluding hydrogens is 911 g/mol. The quantitative estimate of drug-likeness (QED) is 0.0921. The molecule has 1 fully saturated rings. The van der Waals surface area contributed by atoms with E-state index in [0.29, 0.717) is 36.3 Å². The van der Waals surface area contributed by atoms with Crippen molar-refractivity contribution in [2.24, 2.45) is 0 Å². The van der Waals surface area contributed by atoms with Crippen molar-refractivity contribution in [1.29, 1.82) is 0 Å². The van der Waals surface area contributed by atoms with Gasteiger partial charge in [0.1, 0.15) is 6.61 Å². The molecule has 0 spiro atoms. The molecule has 1 aliphatic heterocycles. The fraction of sp³-hybridized carbons (Fsp3) is 0.640. The SMILES string of the molecule is O=C(CO)Nc1c(I)c(C(=O)N2CCNCCN(CC(O)CO)CC2)c(I)c(C(=O)N(CC(O)CO)CC(O)CO)c1I. The van der Waals surface area contributed by atoms with E-state index >= 15 is 0 Å². The summed E-state index contributed by atoms with van der Waals surface area (Å²) < 4.78 is 0.810. The molecule has 15 nitrogen and oxygen atoms in total. The molecule has 3 amide bonds. The third kappa shape index (κ3) is 11.0. The van der Waals surface area contributed by atoms with Gasteiger partial charge in [-0.05, 0) is 67.8 Å². The van der Waals surface area contributed by atoms with E-state index in [1.165, 1.54) is 0 Å². The smallest absolute Gasteiger partial charge is 0.256 e. The molecule has 0 aliphatic carbocycles. The summed E-state index contributed by atoms with van der Waals surface area (Å²) in [7, 11) is 0. The highest BCUT2D eigenvalue weighted by Gasteiger charge is 2.33. The predicted molar refractivity (Wildman–Crippen MR) is 181 cm³/mol. The molecule has 1 heterocycles. The van der Waals surface area contributed by atoms with Crippen LogP contribution in [0.25, 0.3) is 0 Å². The number of benzene rings is 1. The fourth-order valence-corrected chi connectivity index (χ4v) is 8.67. The van der Waals surface area contributed by atoms with Crippen molar-refractivity contribution in [3.8, 4) is 0 Å². The number of carbonyl (C=O) groups excluding carboxylic acids is 3. The van der Waals surface area contributed by atoms with Crippen molar-refractivity contribution in [3.05, 3.63) is 21.8 Å². The Morgan fingerprint density at radius 3 is 1.91 bits per heavy atom. The maximum Gasteiger partial charge on any atom is 0.256 e. The fourth-order valence-electron chi connectivity index (χ4n) is 4.31. The Bertz CT molecular complexity index is 1110. The van der Waals surface area contributed by atoms with E-state index in [-0.39, 0.29) is 50.1 Å². The third-order valence-corrected chi connectivity index (χ3v) is 9.78. The highest BCUT2D eigenvalue weighted by Crippen LogP contribution is 2.37. The van der Waals surface area contributed by atoms with Crippen LogP contribution in [-0.2, 0) is 4.79 Å². The minimum absolute atomic E-state index is 0.0106. The van der Waals surface area contributed by atoms with Crippen LogP contribution in [0.5, 0.6) is 0 Å². The lowest BCUT2D eigenvalue weighted by Gasteiger charge is -2.30. The molecule has 244 valence electrons. The topological polar surface area (TPSA) is 227 Å². The van der Waals surface area contributed by atoms with Gasteiger partial charge >= 0.3 is 0 Å². The van der Waals surface area contributed by atoms with E-state index in [4.69, 9.17) is 0 Å². The van der Waals surface area contributed by atoms with Crippen LogP contribution in [0.3, 0.4) is 0 Å². The molecule has 1 aromatic carbocycles. The number of rotatable bonds is 13. The molecule has 18 heteroatoms. The second-order valence-corrected chi connectivity index (χ2v) is 13.1. The molecule has 1 aliphatic rings. The summed E-state index contributed by atoms with van der Waals surface area (Å²) in [5.41, 5.74) is 0.223. The lowest BCUT2D eigenvalue weighted by Crippen LogP contribution is -2.45. The summed E-state index contributed by atoms with van der Waals surface area (Å²) in [5.74, 6) is -1.95. The van der Waals surface area contributed by atoms with E-state index in [0.717, 1.165) is 4.90 Å².